The van der Waals surface area contributed by atoms with Gasteiger partial charge in [-0.3, -0.25) is 9.48 Å². The molecule has 0 aliphatic heterocycles. The summed E-state index contributed by atoms with van der Waals surface area (Å²) in [6, 6.07) is 17.2. The second-order valence-electron chi connectivity index (χ2n) is 5.75. The molecule has 5 heteroatoms. The van der Waals surface area contributed by atoms with Crippen LogP contribution in [0.15, 0.2) is 54.6 Å². The van der Waals surface area contributed by atoms with Crippen LogP contribution < -0.4 is 10.1 Å². The molecule has 0 aliphatic rings. The number of nitrogens with one attached hydrogen (secondary N) is 1. The maximum atomic E-state index is 12.7. The van der Waals surface area contributed by atoms with E-state index in [-0.39, 0.29) is 5.91 Å². The van der Waals surface area contributed by atoms with Gasteiger partial charge in [-0.15, -0.1) is 0 Å². The van der Waals surface area contributed by atoms with E-state index in [4.69, 9.17) is 4.74 Å². The van der Waals surface area contributed by atoms with Gasteiger partial charge in [0, 0.05) is 17.8 Å². The maximum Gasteiger partial charge on any atom is 0.273 e. The lowest BCUT2D eigenvalue weighted by molar-refractivity contribution is 0.101. The van der Waals surface area contributed by atoms with E-state index in [1.165, 1.54) is 0 Å². The summed E-state index contributed by atoms with van der Waals surface area (Å²) >= 11 is 0. The molecule has 5 nitrogen and oxygen atoms in total. The van der Waals surface area contributed by atoms with Crippen LogP contribution in [0.5, 0.6) is 5.75 Å². The Labute approximate surface area is 147 Å². The van der Waals surface area contributed by atoms with Crippen LogP contribution in [0.2, 0.25) is 0 Å². The van der Waals surface area contributed by atoms with Gasteiger partial charge in [-0.05, 0) is 44.2 Å². The van der Waals surface area contributed by atoms with Gasteiger partial charge >= 0.3 is 0 Å². The third-order valence-corrected chi connectivity index (χ3v) is 4.00. The zero-order chi connectivity index (χ0) is 17.8. The summed E-state index contributed by atoms with van der Waals surface area (Å²) in [5, 5.41) is 7.48. The van der Waals surface area contributed by atoms with Crippen molar-refractivity contribution in [3.8, 4) is 17.0 Å². The zero-order valence-corrected chi connectivity index (χ0v) is 14.6. The van der Waals surface area contributed by atoms with E-state index in [1.54, 1.807) is 17.9 Å². The van der Waals surface area contributed by atoms with Gasteiger partial charge in [-0.25, -0.2) is 0 Å². The molecule has 0 spiro atoms. The van der Waals surface area contributed by atoms with Crippen molar-refractivity contribution in [2.24, 2.45) is 0 Å². The zero-order valence-electron chi connectivity index (χ0n) is 14.6. The highest BCUT2D eigenvalue weighted by Gasteiger charge is 2.17. The van der Waals surface area contributed by atoms with Gasteiger partial charge in [0.15, 0.2) is 0 Å². The van der Waals surface area contributed by atoms with E-state index >= 15 is 0 Å². The first kappa shape index (κ1) is 16.8. The van der Waals surface area contributed by atoms with E-state index in [1.807, 2.05) is 62.4 Å². The van der Waals surface area contributed by atoms with Gasteiger partial charge in [0.1, 0.15) is 11.4 Å². The number of carbonyl (C=O) groups excluding carboxylic acids is 1. The van der Waals surface area contributed by atoms with Crippen molar-refractivity contribution in [1.29, 1.82) is 0 Å². The maximum absolute atomic E-state index is 12.7. The lowest BCUT2D eigenvalue weighted by Gasteiger charge is -2.06. The number of hydrogen-bond donors (Lipinski definition) is 1. The number of hydrogen-bond acceptors (Lipinski definition) is 3. The number of methoxy groups -OCH3 is 1. The predicted octanol–water partition coefficient (Wildman–Crippen LogP) is 4.14. The van der Waals surface area contributed by atoms with Crippen molar-refractivity contribution in [3.63, 3.8) is 0 Å². The monoisotopic (exact) mass is 335 g/mol. The van der Waals surface area contributed by atoms with Gasteiger partial charge in [0.2, 0.25) is 0 Å². The van der Waals surface area contributed by atoms with Gasteiger partial charge in [-0.1, -0.05) is 29.8 Å². The molecular weight excluding hydrogens is 314 g/mol. The Morgan fingerprint density at radius 1 is 1.16 bits per heavy atom. The Hall–Kier alpha value is -3.08. The number of rotatable bonds is 5. The molecule has 0 fully saturated rings. The summed E-state index contributed by atoms with van der Waals surface area (Å²) in [6.45, 7) is 4.57. The van der Waals surface area contributed by atoms with Crippen molar-refractivity contribution in [3.05, 3.63) is 65.9 Å². The quantitative estimate of drug-likeness (QED) is 0.762. The Kier molecular flexibility index (Phi) is 4.84. The fraction of sp³-hybridized carbons (Fsp3) is 0.200. The molecule has 0 unspecified atom stereocenters. The first-order valence-electron chi connectivity index (χ1n) is 8.21. The Balaban J connectivity index is 1.92. The van der Waals surface area contributed by atoms with Crippen LogP contribution in [0.4, 0.5) is 5.69 Å². The molecule has 3 rings (SSSR count). The largest absolute Gasteiger partial charge is 0.496 e. The summed E-state index contributed by atoms with van der Waals surface area (Å²) in [6.07, 6.45) is 0. The summed E-state index contributed by atoms with van der Waals surface area (Å²) in [5.74, 6) is 0.549. The van der Waals surface area contributed by atoms with Crippen molar-refractivity contribution in [1.82, 2.24) is 9.78 Å². The first-order valence-corrected chi connectivity index (χ1v) is 8.21. The van der Waals surface area contributed by atoms with Crippen molar-refractivity contribution < 1.29 is 9.53 Å². The SMILES string of the molecule is CCn1nc(-c2ccccc2OC)cc1C(=O)Nc1ccc(C)cc1. The van der Waals surface area contributed by atoms with Crippen molar-refractivity contribution in [2.75, 3.05) is 12.4 Å². The Morgan fingerprint density at radius 2 is 1.88 bits per heavy atom. The molecular formula is C20H21N3O2. The van der Waals surface area contributed by atoms with Crippen LogP contribution in [0.3, 0.4) is 0 Å². The minimum absolute atomic E-state index is 0.181. The molecule has 0 bridgehead atoms. The summed E-state index contributed by atoms with van der Waals surface area (Å²) in [7, 11) is 1.63. The molecule has 0 radical (unpaired) electrons. The highest BCUT2D eigenvalue weighted by molar-refractivity contribution is 6.03. The number of aryl methyl sites for hydroxylation is 2. The van der Waals surface area contributed by atoms with Gasteiger partial charge in [0.25, 0.3) is 5.91 Å². The number of nitrogens with zero attached hydrogens (tertiary/aromatic N) is 2. The van der Waals surface area contributed by atoms with Gasteiger partial charge in [0.05, 0.1) is 12.8 Å². The smallest absolute Gasteiger partial charge is 0.273 e. The average Bonchev–Trinajstić information content (AvgIpc) is 3.08. The molecule has 0 saturated carbocycles. The normalized spacial score (nSPS) is 10.5. The topological polar surface area (TPSA) is 56.2 Å². The van der Waals surface area contributed by atoms with E-state index in [2.05, 4.69) is 10.4 Å². The third-order valence-electron chi connectivity index (χ3n) is 4.00. The summed E-state index contributed by atoms with van der Waals surface area (Å²) in [4.78, 5) is 12.7. The van der Waals surface area contributed by atoms with Crippen molar-refractivity contribution >= 4 is 11.6 Å². The molecule has 2 aromatic carbocycles. The van der Waals surface area contributed by atoms with E-state index < -0.39 is 0 Å². The van der Waals surface area contributed by atoms with Crippen LogP contribution in [-0.2, 0) is 6.54 Å². The highest BCUT2D eigenvalue weighted by Crippen LogP contribution is 2.29. The lowest BCUT2D eigenvalue weighted by atomic mass is 10.1. The molecule has 0 atom stereocenters. The minimum Gasteiger partial charge on any atom is -0.496 e. The molecule has 25 heavy (non-hydrogen) atoms. The molecule has 3 aromatic rings. The predicted molar refractivity (Wildman–Crippen MR) is 99.0 cm³/mol. The second-order valence-corrected chi connectivity index (χ2v) is 5.75. The molecule has 1 amide bonds. The number of para-hydroxylation sites is 1. The number of anilines is 1. The summed E-state index contributed by atoms with van der Waals surface area (Å²) in [5.41, 5.74) is 4.01. The van der Waals surface area contributed by atoms with Crippen LogP contribution in [0.1, 0.15) is 23.0 Å². The van der Waals surface area contributed by atoms with E-state index in [0.717, 1.165) is 22.6 Å². The number of aromatic nitrogens is 2. The first-order chi connectivity index (χ1) is 12.1. The minimum atomic E-state index is -0.181. The number of benzene rings is 2. The molecule has 0 aliphatic carbocycles. The summed E-state index contributed by atoms with van der Waals surface area (Å²) < 4.78 is 7.10. The second kappa shape index (κ2) is 7.21. The fourth-order valence-electron chi connectivity index (χ4n) is 2.66. The number of ether oxygens (including phenoxy) is 1. The van der Waals surface area contributed by atoms with Gasteiger partial charge in [-0.2, -0.15) is 5.10 Å². The molecule has 1 aromatic heterocycles. The third kappa shape index (κ3) is 3.55. The molecule has 128 valence electrons. The molecule has 0 saturated heterocycles. The molecule has 1 heterocycles. The highest BCUT2D eigenvalue weighted by atomic mass is 16.5. The average molecular weight is 335 g/mol. The van der Waals surface area contributed by atoms with Crippen LogP contribution in [0, 0.1) is 6.92 Å². The van der Waals surface area contributed by atoms with Crippen molar-refractivity contribution in [2.45, 2.75) is 20.4 Å². The van der Waals surface area contributed by atoms with Crippen LogP contribution in [0.25, 0.3) is 11.3 Å². The lowest BCUT2D eigenvalue weighted by Crippen LogP contribution is -2.17. The van der Waals surface area contributed by atoms with Crippen LogP contribution >= 0.6 is 0 Å². The number of carbonyl (C=O) groups is 1. The standard InChI is InChI=1S/C20H21N3O2/c1-4-23-18(20(24)21-15-11-9-14(2)10-12-15)13-17(22-23)16-7-5-6-8-19(16)25-3/h5-13H,4H2,1-3H3,(H,21,24). The Morgan fingerprint density at radius 3 is 2.56 bits per heavy atom. The molecule has 1 N–H and O–H groups in total. The fourth-order valence-corrected chi connectivity index (χ4v) is 2.66. The Bertz CT molecular complexity index is 882. The van der Waals surface area contributed by atoms with Crippen LogP contribution in [-0.4, -0.2) is 22.8 Å². The van der Waals surface area contributed by atoms with Gasteiger partial charge < -0.3 is 10.1 Å². The van der Waals surface area contributed by atoms with E-state index in [0.29, 0.717) is 17.9 Å². The van der Waals surface area contributed by atoms with E-state index in [9.17, 15) is 4.79 Å². The number of amides is 1.